The number of thiazole rings is 1. The number of rotatable bonds is 5. The van der Waals surface area contributed by atoms with Gasteiger partial charge in [0.2, 0.25) is 5.78 Å². The van der Waals surface area contributed by atoms with Crippen LogP contribution in [-0.2, 0) is 0 Å². The number of nitrogens with zero attached hydrogens (tertiary/aromatic N) is 2. The lowest BCUT2D eigenvalue weighted by atomic mass is 10.1. The van der Waals surface area contributed by atoms with Gasteiger partial charge in [-0.15, -0.1) is 6.58 Å². The number of carbonyl (C=O) groups excluding carboxylic acids is 1. The van der Waals surface area contributed by atoms with Crippen LogP contribution in [0.15, 0.2) is 37.2 Å². The number of nitrogens with one attached hydrogen (secondary N) is 1. The Labute approximate surface area is 108 Å². The maximum atomic E-state index is 12.2. The summed E-state index contributed by atoms with van der Waals surface area (Å²) in [6.45, 7) is 4.18. The molecule has 2 rings (SSSR count). The fourth-order valence-corrected chi connectivity index (χ4v) is 2.22. The monoisotopic (exact) mass is 260 g/mol. The maximum absolute atomic E-state index is 12.2. The number of ketones is 1. The van der Waals surface area contributed by atoms with Crippen molar-refractivity contribution in [2.75, 3.05) is 17.6 Å². The van der Waals surface area contributed by atoms with Crippen LogP contribution in [0.2, 0.25) is 0 Å². The smallest absolute Gasteiger partial charge is 0.206 e. The number of anilines is 2. The van der Waals surface area contributed by atoms with E-state index in [9.17, 15) is 4.79 Å². The number of hydrogen-bond acceptors (Lipinski definition) is 6. The Balaban J connectivity index is 2.25. The normalized spacial score (nSPS) is 10.0. The first-order chi connectivity index (χ1) is 8.72. The van der Waals surface area contributed by atoms with Gasteiger partial charge in [0.25, 0.3) is 0 Å². The van der Waals surface area contributed by atoms with Crippen LogP contribution in [-0.4, -0.2) is 22.3 Å². The number of nitrogen functional groups attached to an aromatic ring is 1. The van der Waals surface area contributed by atoms with E-state index in [4.69, 9.17) is 5.73 Å². The molecule has 0 saturated heterocycles. The third-order valence-corrected chi connectivity index (χ3v) is 3.23. The summed E-state index contributed by atoms with van der Waals surface area (Å²) in [5.41, 5.74) is 6.30. The van der Waals surface area contributed by atoms with E-state index in [1.165, 1.54) is 11.3 Å². The van der Waals surface area contributed by atoms with Crippen molar-refractivity contribution < 1.29 is 4.79 Å². The third-order valence-electron chi connectivity index (χ3n) is 2.20. The van der Waals surface area contributed by atoms with Crippen molar-refractivity contribution in [1.82, 2.24) is 9.97 Å². The van der Waals surface area contributed by atoms with Crippen LogP contribution < -0.4 is 11.1 Å². The molecule has 0 spiro atoms. The molecule has 0 bridgehead atoms. The quantitative estimate of drug-likeness (QED) is 0.634. The average Bonchev–Trinajstić information content (AvgIpc) is 2.78. The number of nitrogens with two attached hydrogens (primary N) is 1. The Hall–Kier alpha value is -2.21. The van der Waals surface area contributed by atoms with E-state index in [1.54, 1.807) is 30.6 Å². The minimum atomic E-state index is -0.140. The molecule has 0 radical (unpaired) electrons. The Morgan fingerprint density at radius 1 is 1.50 bits per heavy atom. The molecule has 0 unspecified atom stereocenters. The average molecular weight is 260 g/mol. The van der Waals surface area contributed by atoms with Crippen molar-refractivity contribution in [2.24, 2.45) is 0 Å². The van der Waals surface area contributed by atoms with Crippen molar-refractivity contribution in [3.8, 4) is 0 Å². The zero-order chi connectivity index (χ0) is 13.0. The molecule has 0 aliphatic rings. The van der Waals surface area contributed by atoms with E-state index in [-0.39, 0.29) is 11.6 Å². The van der Waals surface area contributed by atoms with E-state index in [1.807, 2.05) is 0 Å². The van der Waals surface area contributed by atoms with Crippen molar-refractivity contribution >= 4 is 28.1 Å². The van der Waals surface area contributed by atoms with Crippen molar-refractivity contribution in [3.63, 3.8) is 0 Å². The molecule has 2 aromatic rings. The SMILES string of the molecule is C=CCNc1nc(N)c(C(=O)c2ccncc2)s1. The molecule has 0 aliphatic heterocycles. The highest BCUT2D eigenvalue weighted by Gasteiger charge is 2.17. The van der Waals surface area contributed by atoms with Crippen molar-refractivity contribution in [3.05, 3.63) is 47.6 Å². The van der Waals surface area contributed by atoms with Crippen LogP contribution in [0.1, 0.15) is 15.2 Å². The second-order valence-electron chi connectivity index (χ2n) is 3.47. The third kappa shape index (κ3) is 2.54. The zero-order valence-electron chi connectivity index (χ0n) is 9.59. The molecule has 0 aliphatic carbocycles. The lowest BCUT2D eigenvalue weighted by Gasteiger charge is -1.97. The van der Waals surface area contributed by atoms with Gasteiger partial charge in [-0.3, -0.25) is 9.78 Å². The Kier molecular flexibility index (Phi) is 3.69. The molecular weight excluding hydrogens is 248 g/mol. The summed E-state index contributed by atoms with van der Waals surface area (Å²) in [6.07, 6.45) is 4.85. The molecule has 0 fully saturated rings. The predicted octanol–water partition coefficient (Wildman–Crippen LogP) is 1.95. The number of hydrogen-bond donors (Lipinski definition) is 2. The zero-order valence-corrected chi connectivity index (χ0v) is 10.4. The van der Waals surface area contributed by atoms with Crippen LogP contribution in [0, 0.1) is 0 Å². The Morgan fingerprint density at radius 2 is 2.22 bits per heavy atom. The molecule has 3 N–H and O–H groups in total. The topological polar surface area (TPSA) is 80.9 Å². The molecule has 2 aromatic heterocycles. The summed E-state index contributed by atoms with van der Waals surface area (Å²) in [6, 6.07) is 3.30. The number of aromatic nitrogens is 2. The Morgan fingerprint density at radius 3 is 2.89 bits per heavy atom. The van der Waals surface area contributed by atoms with Gasteiger partial charge < -0.3 is 11.1 Å². The highest BCUT2D eigenvalue weighted by molar-refractivity contribution is 7.18. The molecule has 92 valence electrons. The van der Waals surface area contributed by atoms with Crippen molar-refractivity contribution in [2.45, 2.75) is 0 Å². The van der Waals surface area contributed by atoms with Gasteiger partial charge in [0.05, 0.1) is 0 Å². The highest BCUT2D eigenvalue weighted by Crippen LogP contribution is 2.27. The molecular formula is C12H12N4OS. The van der Waals surface area contributed by atoms with Gasteiger partial charge >= 0.3 is 0 Å². The van der Waals surface area contributed by atoms with Gasteiger partial charge in [-0.25, -0.2) is 4.98 Å². The molecule has 5 nitrogen and oxygen atoms in total. The highest BCUT2D eigenvalue weighted by atomic mass is 32.1. The van der Waals surface area contributed by atoms with E-state index in [0.717, 1.165) is 0 Å². The lowest BCUT2D eigenvalue weighted by Crippen LogP contribution is -2.02. The lowest BCUT2D eigenvalue weighted by molar-refractivity contribution is 0.104. The predicted molar refractivity (Wildman–Crippen MR) is 72.9 cm³/mol. The molecule has 2 heterocycles. The first-order valence-corrected chi connectivity index (χ1v) is 6.10. The standard InChI is InChI=1S/C12H12N4OS/c1-2-5-15-12-16-11(13)10(18-12)9(17)8-3-6-14-7-4-8/h2-4,6-7H,1,5,13H2,(H,15,16). The summed E-state index contributed by atoms with van der Waals surface area (Å²) in [5, 5.41) is 3.62. The first kappa shape index (κ1) is 12.3. The van der Waals surface area contributed by atoms with Gasteiger partial charge in [-0.2, -0.15) is 0 Å². The molecule has 0 atom stereocenters. The second kappa shape index (κ2) is 5.42. The van der Waals surface area contributed by atoms with Gasteiger partial charge in [0.15, 0.2) is 5.13 Å². The van der Waals surface area contributed by atoms with Gasteiger partial charge in [0, 0.05) is 24.5 Å². The molecule has 18 heavy (non-hydrogen) atoms. The molecule has 0 aromatic carbocycles. The maximum Gasteiger partial charge on any atom is 0.206 e. The van der Waals surface area contributed by atoms with E-state index in [0.29, 0.717) is 22.1 Å². The van der Waals surface area contributed by atoms with E-state index < -0.39 is 0 Å². The summed E-state index contributed by atoms with van der Waals surface area (Å²) in [5.74, 6) is 0.104. The van der Waals surface area contributed by atoms with Crippen LogP contribution in [0.5, 0.6) is 0 Å². The van der Waals surface area contributed by atoms with Crippen LogP contribution in [0.3, 0.4) is 0 Å². The van der Waals surface area contributed by atoms with E-state index >= 15 is 0 Å². The van der Waals surface area contributed by atoms with Crippen LogP contribution in [0.4, 0.5) is 10.9 Å². The minimum Gasteiger partial charge on any atom is -0.382 e. The number of pyridine rings is 1. The fourth-order valence-electron chi connectivity index (χ4n) is 1.36. The molecule has 6 heteroatoms. The number of carbonyl (C=O) groups is 1. The van der Waals surface area contributed by atoms with Gasteiger partial charge in [0.1, 0.15) is 10.7 Å². The largest absolute Gasteiger partial charge is 0.382 e. The summed E-state index contributed by atoms with van der Waals surface area (Å²) >= 11 is 1.24. The first-order valence-electron chi connectivity index (χ1n) is 5.28. The summed E-state index contributed by atoms with van der Waals surface area (Å²) in [4.78, 5) is 20.6. The fraction of sp³-hybridized carbons (Fsp3) is 0.0833. The molecule has 0 saturated carbocycles. The van der Waals surface area contributed by atoms with Crippen molar-refractivity contribution in [1.29, 1.82) is 0 Å². The molecule has 0 amide bonds. The summed E-state index contributed by atoms with van der Waals surface area (Å²) in [7, 11) is 0. The Bertz CT molecular complexity index is 565. The second-order valence-corrected chi connectivity index (χ2v) is 4.47. The van der Waals surface area contributed by atoms with Crippen LogP contribution >= 0.6 is 11.3 Å². The van der Waals surface area contributed by atoms with Gasteiger partial charge in [-0.05, 0) is 12.1 Å². The van der Waals surface area contributed by atoms with Crippen LogP contribution in [0.25, 0.3) is 0 Å². The summed E-state index contributed by atoms with van der Waals surface area (Å²) < 4.78 is 0. The minimum absolute atomic E-state index is 0.140. The van der Waals surface area contributed by atoms with Gasteiger partial charge in [-0.1, -0.05) is 17.4 Å². The van der Waals surface area contributed by atoms with E-state index in [2.05, 4.69) is 21.9 Å².